The Balaban J connectivity index is 2.92. The number of hydrogen-bond acceptors (Lipinski definition) is 6. The number of aromatic nitrogens is 3. The van der Waals surface area contributed by atoms with Crippen molar-refractivity contribution in [3.05, 3.63) is 5.28 Å². The van der Waals surface area contributed by atoms with Gasteiger partial charge in [0.05, 0.1) is 0 Å². The first-order valence-corrected chi connectivity index (χ1v) is 7.76. The first kappa shape index (κ1) is 15.3. The number of nitrogens with zero attached hydrogens (tertiary/aromatic N) is 5. The lowest BCUT2D eigenvalue weighted by Gasteiger charge is -2.21. The quantitative estimate of drug-likeness (QED) is 0.767. The molecule has 0 spiro atoms. The van der Waals surface area contributed by atoms with Crippen molar-refractivity contribution in [3.63, 3.8) is 0 Å². The smallest absolute Gasteiger partial charge is 0.231 e. The zero-order valence-corrected chi connectivity index (χ0v) is 12.9. The number of thioether (sulfide) groups is 1. The monoisotopic (exact) mass is 289 g/mol. The summed E-state index contributed by atoms with van der Waals surface area (Å²) in [6, 6.07) is 0. The van der Waals surface area contributed by atoms with Gasteiger partial charge in [-0.1, -0.05) is 0 Å². The molecule has 0 radical (unpaired) electrons. The fourth-order valence-electron chi connectivity index (χ4n) is 1.48. The van der Waals surface area contributed by atoms with Gasteiger partial charge in [0.25, 0.3) is 0 Å². The van der Waals surface area contributed by atoms with Crippen LogP contribution in [0.4, 0.5) is 11.9 Å². The topological polar surface area (TPSA) is 45.2 Å². The van der Waals surface area contributed by atoms with E-state index in [-0.39, 0.29) is 5.28 Å². The summed E-state index contributed by atoms with van der Waals surface area (Å²) < 4.78 is 0. The van der Waals surface area contributed by atoms with Crippen molar-refractivity contribution in [1.29, 1.82) is 0 Å². The second-order valence-corrected chi connectivity index (χ2v) is 5.11. The second kappa shape index (κ2) is 7.63. The Morgan fingerprint density at radius 2 is 1.72 bits per heavy atom. The van der Waals surface area contributed by atoms with Gasteiger partial charge in [0.15, 0.2) is 0 Å². The van der Waals surface area contributed by atoms with Crippen LogP contribution in [0.2, 0.25) is 5.28 Å². The summed E-state index contributed by atoms with van der Waals surface area (Å²) in [5, 5.41) is 0.248. The maximum absolute atomic E-state index is 5.97. The van der Waals surface area contributed by atoms with Crippen LogP contribution in [0.15, 0.2) is 0 Å². The average Bonchev–Trinajstić information content (AvgIpc) is 2.36. The van der Waals surface area contributed by atoms with Crippen LogP contribution in [0.3, 0.4) is 0 Å². The van der Waals surface area contributed by atoms with Gasteiger partial charge in [-0.2, -0.15) is 26.7 Å². The molecule has 0 aromatic carbocycles. The number of rotatable bonds is 7. The van der Waals surface area contributed by atoms with E-state index < -0.39 is 0 Å². The molecule has 1 aromatic rings. The van der Waals surface area contributed by atoms with Crippen molar-refractivity contribution in [1.82, 2.24) is 15.0 Å². The fraction of sp³-hybridized carbons (Fsp3) is 0.727. The number of anilines is 2. The fourth-order valence-corrected chi connectivity index (χ4v) is 2.08. The maximum atomic E-state index is 5.97. The molecular weight excluding hydrogens is 270 g/mol. The first-order chi connectivity index (χ1) is 8.62. The predicted octanol–water partition coefficient (Wildman–Crippen LogP) is 2.17. The zero-order valence-electron chi connectivity index (χ0n) is 11.4. The Hall–Kier alpha value is -0.750. The molecule has 0 aliphatic heterocycles. The molecule has 0 bridgehead atoms. The highest BCUT2D eigenvalue weighted by atomic mass is 35.5. The minimum Gasteiger partial charge on any atom is -0.343 e. The summed E-state index contributed by atoms with van der Waals surface area (Å²) >= 11 is 7.76. The molecule has 0 saturated heterocycles. The first-order valence-electron chi connectivity index (χ1n) is 5.98. The zero-order chi connectivity index (χ0) is 13.5. The lowest BCUT2D eigenvalue weighted by molar-refractivity contribution is 0.798. The minimum absolute atomic E-state index is 0.248. The van der Waals surface area contributed by atoms with Gasteiger partial charge >= 0.3 is 0 Å². The van der Waals surface area contributed by atoms with Crippen molar-refractivity contribution in [2.24, 2.45) is 0 Å². The van der Waals surface area contributed by atoms with Gasteiger partial charge in [-0.05, 0) is 31.7 Å². The SMILES string of the molecule is CCN(CC)c1nc(Cl)nc(N(C)CCSC)n1. The minimum atomic E-state index is 0.248. The molecule has 0 saturated carbocycles. The van der Waals surface area contributed by atoms with E-state index >= 15 is 0 Å². The largest absolute Gasteiger partial charge is 0.343 e. The van der Waals surface area contributed by atoms with E-state index in [1.807, 2.05) is 11.9 Å². The second-order valence-electron chi connectivity index (χ2n) is 3.79. The van der Waals surface area contributed by atoms with Crippen molar-refractivity contribution in [2.45, 2.75) is 13.8 Å². The lowest BCUT2D eigenvalue weighted by Crippen LogP contribution is -2.27. The Morgan fingerprint density at radius 1 is 1.11 bits per heavy atom. The van der Waals surface area contributed by atoms with E-state index in [1.165, 1.54) is 0 Å². The van der Waals surface area contributed by atoms with Gasteiger partial charge in [-0.15, -0.1) is 0 Å². The van der Waals surface area contributed by atoms with Crippen molar-refractivity contribution < 1.29 is 0 Å². The Morgan fingerprint density at radius 3 is 2.28 bits per heavy atom. The molecule has 0 fully saturated rings. The average molecular weight is 290 g/mol. The molecule has 18 heavy (non-hydrogen) atoms. The van der Waals surface area contributed by atoms with E-state index in [2.05, 4.69) is 40.0 Å². The van der Waals surface area contributed by atoms with Crippen LogP contribution in [-0.2, 0) is 0 Å². The molecule has 0 aliphatic carbocycles. The predicted molar refractivity (Wildman–Crippen MR) is 80.1 cm³/mol. The van der Waals surface area contributed by atoms with Gasteiger partial charge in [0.1, 0.15) is 0 Å². The van der Waals surface area contributed by atoms with Crippen LogP contribution in [-0.4, -0.2) is 53.6 Å². The molecular formula is C11H20ClN5S. The third-order valence-electron chi connectivity index (χ3n) is 2.60. The lowest BCUT2D eigenvalue weighted by atomic mass is 10.5. The van der Waals surface area contributed by atoms with Crippen molar-refractivity contribution >= 4 is 35.3 Å². The highest BCUT2D eigenvalue weighted by Crippen LogP contribution is 2.15. The highest BCUT2D eigenvalue weighted by molar-refractivity contribution is 7.98. The van der Waals surface area contributed by atoms with Crippen LogP contribution in [0.1, 0.15) is 13.8 Å². The van der Waals surface area contributed by atoms with Gasteiger partial charge in [0.2, 0.25) is 17.2 Å². The maximum Gasteiger partial charge on any atom is 0.231 e. The van der Waals surface area contributed by atoms with Crippen molar-refractivity contribution in [2.75, 3.05) is 48.5 Å². The highest BCUT2D eigenvalue weighted by Gasteiger charge is 2.12. The summed E-state index contributed by atoms with van der Waals surface area (Å²) in [6.07, 6.45) is 2.08. The van der Waals surface area contributed by atoms with Crippen LogP contribution in [0.25, 0.3) is 0 Å². The van der Waals surface area contributed by atoms with Crippen molar-refractivity contribution in [3.8, 4) is 0 Å². The molecule has 0 N–H and O–H groups in total. The standard InChI is InChI=1S/C11H20ClN5S/c1-5-17(6-2)11-14-9(12)13-10(15-11)16(3)7-8-18-4/h5-8H2,1-4H3. The molecule has 102 valence electrons. The van der Waals surface area contributed by atoms with Gasteiger partial charge < -0.3 is 9.80 Å². The van der Waals surface area contributed by atoms with Crippen LogP contribution in [0.5, 0.6) is 0 Å². The molecule has 0 unspecified atom stereocenters. The van der Waals surface area contributed by atoms with E-state index in [1.54, 1.807) is 11.8 Å². The molecule has 1 rings (SSSR count). The molecule has 0 aliphatic rings. The third-order valence-corrected chi connectivity index (χ3v) is 3.36. The summed E-state index contributed by atoms with van der Waals surface area (Å²) in [5.41, 5.74) is 0. The van der Waals surface area contributed by atoms with E-state index in [9.17, 15) is 0 Å². The molecule has 0 amide bonds. The summed E-state index contributed by atoms with van der Waals surface area (Å²) in [4.78, 5) is 16.9. The number of halogens is 1. The van der Waals surface area contributed by atoms with E-state index in [0.29, 0.717) is 11.9 Å². The molecule has 0 atom stereocenters. The Bertz CT molecular complexity index is 372. The van der Waals surface area contributed by atoms with Crippen LogP contribution in [0, 0.1) is 0 Å². The van der Waals surface area contributed by atoms with Crippen LogP contribution < -0.4 is 9.80 Å². The molecule has 1 aromatic heterocycles. The normalized spacial score (nSPS) is 10.5. The third kappa shape index (κ3) is 4.17. The van der Waals surface area contributed by atoms with Gasteiger partial charge in [0, 0.05) is 32.4 Å². The Labute approximate surface area is 118 Å². The molecule has 5 nitrogen and oxygen atoms in total. The van der Waals surface area contributed by atoms with E-state index in [4.69, 9.17) is 11.6 Å². The van der Waals surface area contributed by atoms with Gasteiger partial charge in [-0.3, -0.25) is 0 Å². The van der Waals surface area contributed by atoms with E-state index in [0.717, 1.165) is 25.4 Å². The Kier molecular flexibility index (Phi) is 6.49. The summed E-state index contributed by atoms with van der Waals surface area (Å²) in [5.74, 6) is 2.30. The molecule has 7 heteroatoms. The van der Waals surface area contributed by atoms with Gasteiger partial charge in [-0.25, -0.2) is 0 Å². The molecule has 1 heterocycles. The van der Waals surface area contributed by atoms with Crippen LogP contribution >= 0.6 is 23.4 Å². The summed E-state index contributed by atoms with van der Waals surface area (Å²) in [7, 11) is 1.97. The number of hydrogen-bond donors (Lipinski definition) is 0. The summed E-state index contributed by atoms with van der Waals surface area (Å²) in [6.45, 7) is 6.73.